The first-order valence-electron chi connectivity index (χ1n) is 10.1. The number of carbonyl (C=O) groups is 2. The van der Waals surface area contributed by atoms with Gasteiger partial charge in [0.15, 0.2) is 6.10 Å². The van der Waals surface area contributed by atoms with E-state index in [1.807, 2.05) is 31.2 Å². The summed E-state index contributed by atoms with van der Waals surface area (Å²) in [7, 11) is 0. The monoisotopic (exact) mass is 374 g/mol. The van der Waals surface area contributed by atoms with Crippen molar-refractivity contribution in [3.8, 4) is 5.75 Å². The fourth-order valence-corrected chi connectivity index (χ4v) is 3.52. The van der Waals surface area contributed by atoms with Crippen molar-refractivity contribution < 1.29 is 14.3 Å². The van der Waals surface area contributed by atoms with Crippen molar-refractivity contribution in [1.29, 1.82) is 0 Å². The molecule has 2 N–H and O–H groups in total. The lowest BCUT2D eigenvalue weighted by molar-refractivity contribution is -0.138. The number of amides is 2. The van der Waals surface area contributed by atoms with Crippen LogP contribution in [0.5, 0.6) is 5.75 Å². The Bertz CT molecular complexity index is 641. The number of ether oxygens (including phenoxy) is 1. The van der Waals surface area contributed by atoms with Gasteiger partial charge < -0.3 is 15.4 Å². The minimum absolute atomic E-state index is 0.0710. The van der Waals surface area contributed by atoms with E-state index in [2.05, 4.69) is 31.4 Å². The van der Waals surface area contributed by atoms with Crippen LogP contribution in [-0.2, 0) is 15.0 Å². The van der Waals surface area contributed by atoms with Crippen LogP contribution < -0.4 is 15.4 Å². The highest BCUT2D eigenvalue weighted by atomic mass is 16.5. The SMILES string of the molecule is CCNC(=O)C1(NC(=O)C(C)Oc2ccc(C(C)(C)C)cc2)CCCCC1. The van der Waals surface area contributed by atoms with E-state index in [-0.39, 0.29) is 17.2 Å². The number of likely N-dealkylation sites (N-methyl/N-ethyl adjacent to an activating group) is 1. The molecule has 27 heavy (non-hydrogen) atoms. The summed E-state index contributed by atoms with van der Waals surface area (Å²) in [5, 5.41) is 5.87. The predicted octanol–water partition coefficient (Wildman–Crippen LogP) is 3.71. The molecular formula is C22H34N2O3. The highest BCUT2D eigenvalue weighted by molar-refractivity contribution is 5.92. The average molecular weight is 375 g/mol. The molecule has 0 aliphatic heterocycles. The van der Waals surface area contributed by atoms with Gasteiger partial charge in [-0.05, 0) is 49.8 Å². The lowest BCUT2D eigenvalue weighted by Crippen LogP contribution is -2.61. The first kappa shape index (κ1) is 21.3. The molecule has 0 aromatic heterocycles. The van der Waals surface area contributed by atoms with Crippen LogP contribution in [0.3, 0.4) is 0 Å². The molecule has 5 heteroatoms. The largest absolute Gasteiger partial charge is 0.481 e. The summed E-state index contributed by atoms with van der Waals surface area (Å²) in [4.78, 5) is 25.3. The summed E-state index contributed by atoms with van der Waals surface area (Å²) >= 11 is 0. The minimum Gasteiger partial charge on any atom is -0.481 e. The lowest BCUT2D eigenvalue weighted by atomic mass is 9.80. The van der Waals surface area contributed by atoms with Gasteiger partial charge in [0.25, 0.3) is 5.91 Å². The molecule has 1 fully saturated rings. The molecule has 1 saturated carbocycles. The molecule has 150 valence electrons. The number of hydrogen-bond donors (Lipinski definition) is 2. The van der Waals surface area contributed by atoms with Crippen LogP contribution in [0, 0.1) is 0 Å². The van der Waals surface area contributed by atoms with E-state index in [9.17, 15) is 9.59 Å². The normalized spacial score (nSPS) is 17.7. The number of rotatable bonds is 6. The molecule has 1 aromatic rings. The third kappa shape index (κ3) is 5.47. The predicted molar refractivity (Wildman–Crippen MR) is 108 cm³/mol. The van der Waals surface area contributed by atoms with Gasteiger partial charge in [0.05, 0.1) is 0 Å². The molecule has 0 radical (unpaired) electrons. The van der Waals surface area contributed by atoms with Crippen LogP contribution in [0.15, 0.2) is 24.3 Å². The molecule has 2 amide bonds. The van der Waals surface area contributed by atoms with Crippen molar-refractivity contribution in [2.24, 2.45) is 0 Å². The maximum Gasteiger partial charge on any atom is 0.261 e. The zero-order chi connectivity index (χ0) is 20.1. The van der Waals surface area contributed by atoms with Gasteiger partial charge in [-0.25, -0.2) is 0 Å². The Labute approximate surface area is 163 Å². The summed E-state index contributed by atoms with van der Waals surface area (Å²) in [5.41, 5.74) is 0.477. The molecule has 0 saturated heterocycles. The second-order valence-electron chi connectivity index (χ2n) is 8.53. The van der Waals surface area contributed by atoms with E-state index in [0.29, 0.717) is 25.1 Å². The Morgan fingerprint density at radius 2 is 1.70 bits per heavy atom. The Morgan fingerprint density at radius 3 is 2.22 bits per heavy atom. The van der Waals surface area contributed by atoms with E-state index in [4.69, 9.17) is 4.74 Å². The van der Waals surface area contributed by atoms with Gasteiger partial charge in [-0.1, -0.05) is 52.2 Å². The number of carbonyl (C=O) groups excluding carboxylic acids is 2. The molecule has 1 unspecified atom stereocenters. The summed E-state index contributed by atoms with van der Waals surface area (Å²) in [5.74, 6) is 0.323. The zero-order valence-electron chi connectivity index (χ0n) is 17.4. The molecule has 5 nitrogen and oxygen atoms in total. The van der Waals surface area contributed by atoms with E-state index in [1.54, 1.807) is 6.92 Å². The van der Waals surface area contributed by atoms with Crippen LogP contribution in [0.4, 0.5) is 0 Å². The Kier molecular flexibility index (Phi) is 6.90. The van der Waals surface area contributed by atoms with E-state index in [0.717, 1.165) is 19.3 Å². The second kappa shape index (κ2) is 8.77. The Balaban J connectivity index is 2.03. The van der Waals surface area contributed by atoms with Gasteiger partial charge in [-0.2, -0.15) is 0 Å². The smallest absolute Gasteiger partial charge is 0.261 e. The molecular weight excluding hydrogens is 340 g/mol. The standard InChI is InChI=1S/C22H34N2O3/c1-6-23-20(26)22(14-8-7-9-15-22)24-19(25)16(2)27-18-12-10-17(11-13-18)21(3,4)5/h10-13,16H,6-9,14-15H2,1-5H3,(H,23,26)(H,24,25). The first-order chi connectivity index (χ1) is 12.7. The van der Waals surface area contributed by atoms with Crippen LogP contribution in [0.25, 0.3) is 0 Å². The van der Waals surface area contributed by atoms with Crippen LogP contribution in [-0.4, -0.2) is 30.0 Å². The molecule has 0 spiro atoms. The Hall–Kier alpha value is -2.04. The summed E-state index contributed by atoms with van der Waals surface area (Å²) < 4.78 is 5.83. The highest BCUT2D eigenvalue weighted by Gasteiger charge is 2.41. The number of benzene rings is 1. The lowest BCUT2D eigenvalue weighted by Gasteiger charge is -2.37. The van der Waals surface area contributed by atoms with Crippen molar-refractivity contribution in [3.05, 3.63) is 29.8 Å². The zero-order valence-corrected chi connectivity index (χ0v) is 17.4. The van der Waals surface area contributed by atoms with Gasteiger partial charge in [0.1, 0.15) is 11.3 Å². The van der Waals surface area contributed by atoms with Gasteiger partial charge in [0, 0.05) is 6.54 Å². The van der Waals surface area contributed by atoms with Crippen molar-refractivity contribution >= 4 is 11.8 Å². The van der Waals surface area contributed by atoms with Crippen LogP contribution in [0.2, 0.25) is 0 Å². The second-order valence-corrected chi connectivity index (χ2v) is 8.53. The first-order valence-corrected chi connectivity index (χ1v) is 10.1. The van der Waals surface area contributed by atoms with Gasteiger partial charge in [-0.15, -0.1) is 0 Å². The Morgan fingerprint density at radius 1 is 1.11 bits per heavy atom. The molecule has 1 atom stereocenters. The molecule has 2 rings (SSSR count). The maximum absolute atomic E-state index is 12.7. The molecule has 1 aromatic carbocycles. The number of hydrogen-bond acceptors (Lipinski definition) is 3. The fraction of sp³-hybridized carbons (Fsp3) is 0.636. The van der Waals surface area contributed by atoms with Crippen molar-refractivity contribution in [2.75, 3.05) is 6.54 Å². The van der Waals surface area contributed by atoms with Crippen LogP contribution in [0.1, 0.15) is 72.3 Å². The molecule has 1 aliphatic rings. The highest BCUT2D eigenvalue weighted by Crippen LogP contribution is 2.29. The van der Waals surface area contributed by atoms with Crippen LogP contribution >= 0.6 is 0 Å². The van der Waals surface area contributed by atoms with Gasteiger partial charge in [-0.3, -0.25) is 9.59 Å². The van der Waals surface area contributed by atoms with E-state index < -0.39 is 11.6 Å². The van der Waals surface area contributed by atoms with E-state index >= 15 is 0 Å². The van der Waals surface area contributed by atoms with E-state index in [1.165, 1.54) is 5.56 Å². The third-order valence-corrected chi connectivity index (χ3v) is 5.24. The average Bonchev–Trinajstić information content (AvgIpc) is 2.62. The van der Waals surface area contributed by atoms with Crippen molar-refractivity contribution in [1.82, 2.24) is 10.6 Å². The fourth-order valence-electron chi connectivity index (χ4n) is 3.52. The molecule has 1 aliphatic carbocycles. The van der Waals surface area contributed by atoms with Gasteiger partial charge >= 0.3 is 0 Å². The van der Waals surface area contributed by atoms with Crippen molar-refractivity contribution in [3.63, 3.8) is 0 Å². The van der Waals surface area contributed by atoms with Gasteiger partial charge in [0.2, 0.25) is 5.91 Å². The van der Waals surface area contributed by atoms with Crippen molar-refractivity contribution in [2.45, 2.75) is 83.8 Å². The minimum atomic E-state index is -0.806. The summed E-state index contributed by atoms with van der Waals surface area (Å²) in [6.45, 7) is 10.6. The third-order valence-electron chi connectivity index (χ3n) is 5.24. The molecule has 0 heterocycles. The summed E-state index contributed by atoms with van der Waals surface area (Å²) in [6.07, 6.45) is 3.68. The number of nitrogens with one attached hydrogen (secondary N) is 2. The molecule has 0 bridgehead atoms. The maximum atomic E-state index is 12.7. The quantitative estimate of drug-likeness (QED) is 0.798. The topological polar surface area (TPSA) is 67.4 Å². The summed E-state index contributed by atoms with van der Waals surface area (Å²) in [6, 6.07) is 7.84.